The molecule has 5 nitrogen and oxygen atoms in total. The molecule has 0 saturated heterocycles. The van der Waals surface area contributed by atoms with Crippen molar-refractivity contribution < 1.29 is 4.68 Å². The molecular weight excluding hydrogens is 130 g/mol. The molecule has 0 amide bonds. The summed E-state index contributed by atoms with van der Waals surface area (Å²) in [5.74, 6) is 0.738. The molecule has 1 rings (SSSR count). The van der Waals surface area contributed by atoms with Gasteiger partial charge in [-0.1, -0.05) is 5.10 Å². The number of rotatable bonds is 1. The van der Waals surface area contributed by atoms with Gasteiger partial charge in [0.2, 0.25) is 12.2 Å². The molecule has 1 aromatic heterocycles. The molecule has 0 fully saturated rings. The monoisotopic (exact) mass is 138 g/mol. The van der Waals surface area contributed by atoms with Gasteiger partial charge in [-0.2, -0.15) is 5.41 Å². The Bertz CT molecular complexity index is 256. The third-order valence-electron chi connectivity index (χ3n) is 1.03. The number of anilines is 2. The van der Waals surface area contributed by atoms with Gasteiger partial charge < -0.3 is 11.5 Å². The Morgan fingerprint density at radius 1 is 1.50 bits per heavy atom. The molecule has 1 aromatic rings. The molecule has 0 aliphatic carbocycles. The van der Waals surface area contributed by atoms with Crippen molar-refractivity contribution in [2.75, 3.05) is 11.5 Å². The molecule has 5 N–H and O–H groups in total. The Morgan fingerprint density at radius 2 is 2.20 bits per heavy atom. The fourth-order valence-corrected chi connectivity index (χ4v) is 0.566. The molecule has 0 aliphatic heterocycles. The Kier molecular flexibility index (Phi) is 1.49. The summed E-state index contributed by atoms with van der Waals surface area (Å²) in [6.07, 6.45) is 0.992. The molecule has 0 saturated carbocycles. The first-order valence-corrected chi connectivity index (χ1v) is 2.68. The lowest BCUT2D eigenvalue weighted by atomic mass is 10.5. The normalized spacial score (nSPS) is 9.20. The maximum Gasteiger partial charge on any atom is 0.243 e. The van der Waals surface area contributed by atoms with Crippen LogP contribution >= 0.6 is 0 Å². The van der Waals surface area contributed by atoms with E-state index in [1.165, 1.54) is 4.68 Å². The Hall–Kier alpha value is -1.65. The van der Waals surface area contributed by atoms with E-state index in [2.05, 4.69) is 5.10 Å². The zero-order valence-corrected chi connectivity index (χ0v) is 5.28. The van der Waals surface area contributed by atoms with E-state index in [-0.39, 0.29) is 0 Å². The molecule has 0 spiro atoms. The topological polar surface area (TPSA) is 92.7 Å². The van der Waals surface area contributed by atoms with Gasteiger partial charge >= 0.3 is 0 Å². The van der Waals surface area contributed by atoms with Crippen LogP contribution in [-0.2, 0) is 0 Å². The van der Waals surface area contributed by atoms with E-state index in [1.54, 1.807) is 12.1 Å². The van der Waals surface area contributed by atoms with Gasteiger partial charge in [-0.05, 0) is 6.07 Å². The second-order valence-corrected chi connectivity index (χ2v) is 1.76. The summed E-state index contributed by atoms with van der Waals surface area (Å²) < 4.78 is 1.19. The van der Waals surface area contributed by atoms with Crippen LogP contribution in [0.25, 0.3) is 0 Å². The third kappa shape index (κ3) is 1.02. The van der Waals surface area contributed by atoms with Gasteiger partial charge in [0.15, 0.2) is 5.82 Å². The van der Waals surface area contributed by atoms with E-state index in [1.807, 2.05) is 0 Å². The van der Waals surface area contributed by atoms with E-state index < -0.39 is 0 Å². The molecule has 0 bridgehead atoms. The molecule has 0 radical (unpaired) electrons. The van der Waals surface area contributed by atoms with Crippen molar-refractivity contribution in [2.45, 2.75) is 0 Å². The highest BCUT2D eigenvalue weighted by molar-refractivity contribution is 5.43. The molecular formula is C5H8N5+. The minimum atomic E-state index is 0.345. The molecule has 0 aliphatic rings. The van der Waals surface area contributed by atoms with Crippen molar-refractivity contribution in [3.63, 3.8) is 0 Å². The number of aromatic nitrogens is 2. The van der Waals surface area contributed by atoms with E-state index in [0.717, 1.165) is 6.34 Å². The van der Waals surface area contributed by atoms with Gasteiger partial charge in [-0.3, -0.25) is 0 Å². The van der Waals surface area contributed by atoms with Crippen LogP contribution in [0.3, 0.4) is 0 Å². The van der Waals surface area contributed by atoms with Crippen molar-refractivity contribution in [3.05, 3.63) is 12.1 Å². The van der Waals surface area contributed by atoms with Crippen LogP contribution < -0.4 is 16.1 Å². The lowest BCUT2D eigenvalue weighted by molar-refractivity contribution is -0.597. The van der Waals surface area contributed by atoms with Gasteiger partial charge in [0.25, 0.3) is 0 Å². The number of nitrogens with zero attached hydrogens (tertiary/aromatic N) is 2. The van der Waals surface area contributed by atoms with Crippen molar-refractivity contribution >= 4 is 18.0 Å². The standard InChI is InChI=1S/C5H7N5/c6-3-10-5(8)2-1-4(7)9-10/h1-3,6,8H,(H2,7,9)/p+1. The highest BCUT2D eigenvalue weighted by atomic mass is 15.3. The Labute approximate surface area is 57.8 Å². The van der Waals surface area contributed by atoms with E-state index in [0.29, 0.717) is 11.6 Å². The van der Waals surface area contributed by atoms with Gasteiger partial charge in [0.1, 0.15) is 0 Å². The van der Waals surface area contributed by atoms with Gasteiger partial charge in [-0.15, -0.1) is 4.68 Å². The molecule has 1 heterocycles. The number of hydrogen-bond acceptors (Lipinski definition) is 4. The second kappa shape index (κ2) is 2.30. The first-order chi connectivity index (χ1) is 4.74. The molecule has 0 atom stereocenters. The van der Waals surface area contributed by atoms with E-state index in [4.69, 9.17) is 16.9 Å². The van der Waals surface area contributed by atoms with Crippen molar-refractivity contribution in [1.29, 1.82) is 5.41 Å². The lowest BCUT2D eigenvalue weighted by Crippen LogP contribution is -2.40. The average molecular weight is 138 g/mol. The van der Waals surface area contributed by atoms with Crippen molar-refractivity contribution in [1.82, 2.24) is 5.10 Å². The molecule has 0 aromatic carbocycles. The number of hydrogen-bond donors (Lipinski definition) is 3. The fourth-order valence-electron chi connectivity index (χ4n) is 0.566. The fraction of sp³-hybridized carbons (Fsp3) is 0. The molecule has 10 heavy (non-hydrogen) atoms. The number of nitrogen functional groups attached to an aromatic ring is 2. The lowest BCUT2D eigenvalue weighted by Gasteiger charge is -1.94. The smallest absolute Gasteiger partial charge is 0.243 e. The van der Waals surface area contributed by atoms with Gasteiger partial charge in [0, 0.05) is 6.07 Å². The Balaban J connectivity index is 3.21. The maximum absolute atomic E-state index is 6.82. The maximum atomic E-state index is 6.82. The summed E-state index contributed by atoms with van der Waals surface area (Å²) in [5.41, 5.74) is 10.7. The minimum Gasteiger partial charge on any atom is -0.381 e. The van der Waals surface area contributed by atoms with Crippen LogP contribution in [0.4, 0.5) is 11.6 Å². The van der Waals surface area contributed by atoms with Crippen LogP contribution in [-0.4, -0.2) is 11.4 Å². The quantitative estimate of drug-likeness (QED) is 0.263. The highest BCUT2D eigenvalue weighted by Gasteiger charge is 1.99. The minimum absolute atomic E-state index is 0.345. The van der Waals surface area contributed by atoms with E-state index in [9.17, 15) is 0 Å². The SMILES string of the molecule is N=C[n+]1nc(N)ccc1N. The van der Waals surface area contributed by atoms with Crippen LogP contribution in [0.15, 0.2) is 12.1 Å². The summed E-state index contributed by atoms with van der Waals surface area (Å²) >= 11 is 0. The predicted octanol–water partition coefficient (Wildman–Crippen LogP) is -1.01. The summed E-state index contributed by atoms with van der Waals surface area (Å²) in [5, 5.41) is 10.5. The number of nitrogens with two attached hydrogens (primary N) is 2. The largest absolute Gasteiger partial charge is 0.381 e. The first kappa shape index (κ1) is 6.47. The zero-order valence-electron chi connectivity index (χ0n) is 5.28. The van der Waals surface area contributed by atoms with Crippen LogP contribution in [0.5, 0.6) is 0 Å². The highest BCUT2D eigenvalue weighted by Crippen LogP contribution is 1.93. The second-order valence-electron chi connectivity index (χ2n) is 1.76. The van der Waals surface area contributed by atoms with Crippen LogP contribution in [0.2, 0.25) is 0 Å². The summed E-state index contributed by atoms with van der Waals surface area (Å²) in [6.45, 7) is 0. The summed E-state index contributed by atoms with van der Waals surface area (Å²) in [7, 11) is 0. The molecule has 0 unspecified atom stereocenters. The van der Waals surface area contributed by atoms with Crippen LogP contribution in [0.1, 0.15) is 0 Å². The number of nitrogens with one attached hydrogen (secondary N) is 1. The molecule has 52 valence electrons. The van der Waals surface area contributed by atoms with Crippen molar-refractivity contribution in [3.8, 4) is 0 Å². The van der Waals surface area contributed by atoms with Crippen LogP contribution in [0, 0.1) is 5.41 Å². The summed E-state index contributed by atoms with van der Waals surface area (Å²) in [4.78, 5) is 0. The zero-order chi connectivity index (χ0) is 7.56. The summed E-state index contributed by atoms with van der Waals surface area (Å²) in [6, 6.07) is 3.17. The molecule has 5 heteroatoms. The van der Waals surface area contributed by atoms with Gasteiger partial charge in [-0.25, -0.2) is 0 Å². The first-order valence-electron chi connectivity index (χ1n) is 2.68. The van der Waals surface area contributed by atoms with Gasteiger partial charge in [0.05, 0.1) is 0 Å². The Morgan fingerprint density at radius 3 is 2.70 bits per heavy atom. The predicted molar refractivity (Wildman–Crippen MR) is 37.4 cm³/mol. The third-order valence-corrected chi connectivity index (χ3v) is 1.03. The van der Waals surface area contributed by atoms with Crippen molar-refractivity contribution in [2.24, 2.45) is 0 Å². The average Bonchev–Trinajstić information content (AvgIpc) is 1.94. The van der Waals surface area contributed by atoms with E-state index >= 15 is 0 Å².